The first-order valence-corrected chi connectivity index (χ1v) is 23.9. The lowest BCUT2D eigenvalue weighted by Crippen LogP contribution is -2.11. The van der Waals surface area contributed by atoms with Gasteiger partial charge in [-0.15, -0.1) is 0 Å². The maximum Gasteiger partial charge on any atom is 0.136 e. The van der Waals surface area contributed by atoms with Gasteiger partial charge in [-0.3, -0.25) is 0 Å². The van der Waals surface area contributed by atoms with Crippen LogP contribution in [0.15, 0.2) is 251 Å². The Bertz CT molecular complexity index is 4160. The van der Waals surface area contributed by atoms with Crippen molar-refractivity contribution in [1.82, 2.24) is 0 Å². The van der Waals surface area contributed by atoms with Gasteiger partial charge in [0.2, 0.25) is 0 Å². The molecule has 15 rings (SSSR count). The summed E-state index contributed by atoms with van der Waals surface area (Å²) in [6, 6.07) is 87.6. The SMILES string of the molecule is c1ccc2c(N(c3ccc4cc5c(cc4c3)oc3cc4c(cc35)oc3cc5cc(N(c6cccc7ccccc67)c6cccc7ccccc67)ccc5cc34)c3cccc4ccccc34)cccc2c1. The zero-order chi connectivity index (χ0) is 45.9. The second kappa shape index (κ2) is 15.1. The third-order valence-electron chi connectivity index (χ3n) is 14.5. The Morgan fingerprint density at radius 1 is 0.200 bits per heavy atom. The largest absolute Gasteiger partial charge is 0.456 e. The van der Waals surface area contributed by atoms with Crippen molar-refractivity contribution in [1.29, 1.82) is 0 Å². The molecule has 0 aliphatic rings. The molecule has 4 nitrogen and oxygen atoms in total. The molecule has 13 aromatic carbocycles. The van der Waals surface area contributed by atoms with Crippen LogP contribution in [0.3, 0.4) is 0 Å². The summed E-state index contributed by atoms with van der Waals surface area (Å²) >= 11 is 0. The number of benzene rings is 13. The van der Waals surface area contributed by atoms with Gasteiger partial charge in [-0.25, -0.2) is 0 Å². The summed E-state index contributed by atoms with van der Waals surface area (Å²) in [5.41, 5.74) is 10.0. The van der Waals surface area contributed by atoms with Crippen LogP contribution in [0, 0.1) is 0 Å². The highest BCUT2D eigenvalue weighted by Gasteiger charge is 2.22. The fourth-order valence-corrected chi connectivity index (χ4v) is 11.2. The summed E-state index contributed by atoms with van der Waals surface area (Å²) in [4.78, 5) is 4.81. The Labute approximate surface area is 402 Å². The van der Waals surface area contributed by atoms with E-state index in [0.29, 0.717) is 0 Å². The molecule has 0 amide bonds. The molecule has 0 aliphatic heterocycles. The van der Waals surface area contributed by atoms with E-state index in [1.54, 1.807) is 0 Å². The molecule has 15 aromatic rings. The zero-order valence-electron chi connectivity index (χ0n) is 37.8. The van der Waals surface area contributed by atoms with Gasteiger partial charge in [0.1, 0.15) is 22.3 Å². The number of rotatable bonds is 6. The van der Waals surface area contributed by atoms with Gasteiger partial charge >= 0.3 is 0 Å². The lowest BCUT2D eigenvalue weighted by molar-refractivity contribution is 0.664. The smallest absolute Gasteiger partial charge is 0.136 e. The standard InChI is InChI=1S/C66H40N2O2/c1-5-21-51-41(13-1)17-9-25-59(51)67(60-26-10-18-42-14-2-6-22-52(42)60)49-31-29-45-35-55-57-39-66-58(40-65(57)69-63(55)37-47(45)33-49)56-36-46-30-32-50(34-48(46)38-64(56)70-66)68(61-27-11-19-43-15-3-7-23-53(43)61)62-28-12-20-44-16-4-8-24-54(44)62/h1-40H. The lowest BCUT2D eigenvalue weighted by Gasteiger charge is -2.28. The molecule has 2 aromatic heterocycles. The van der Waals surface area contributed by atoms with Crippen molar-refractivity contribution >= 4 is 143 Å². The minimum atomic E-state index is 0.838. The highest BCUT2D eigenvalue weighted by Crippen LogP contribution is 2.46. The minimum absolute atomic E-state index is 0.838. The first kappa shape index (κ1) is 38.7. The van der Waals surface area contributed by atoms with Gasteiger partial charge in [0, 0.05) is 54.5 Å². The molecule has 4 heteroatoms. The Morgan fingerprint density at radius 3 is 0.857 bits per heavy atom. The number of fused-ring (bicyclic) bond motifs is 12. The molecule has 0 aliphatic carbocycles. The highest BCUT2D eigenvalue weighted by atomic mass is 16.3. The topological polar surface area (TPSA) is 32.8 Å². The molecule has 0 saturated carbocycles. The molecule has 0 saturated heterocycles. The van der Waals surface area contributed by atoms with E-state index in [1.165, 1.54) is 43.1 Å². The van der Waals surface area contributed by atoms with Crippen molar-refractivity contribution in [2.45, 2.75) is 0 Å². The Kier molecular flexibility index (Phi) is 8.33. The van der Waals surface area contributed by atoms with Gasteiger partial charge in [0.05, 0.1) is 22.7 Å². The Hall–Kier alpha value is -9.38. The lowest BCUT2D eigenvalue weighted by atomic mass is 10.0. The molecule has 70 heavy (non-hydrogen) atoms. The van der Waals surface area contributed by atoms with Crippen molar-refractivity contribution < 1.29 is 8.83 Å². The molecule has 0 N–H and O–H groups in total. The van der Waals surface area contributed by atoms with E-state index in [0.717, 1.165) is 99.5 Å². The van der Waals surface area contributed by atoms with Crippen molar-refractivity contribution in [3.63, 3.8) is 0 Å². The van der Waals surface area contributed by atoms with Gasteiger partial charge in [0.25, 0.3) is 0 Å². The van der Waals surface area contributed by atoms with Crippen LogP contribution in [0.25, 0.3) is 109 Å². The van der Waals surface area contributed by atoms with Crippen LogP contribution >= 0.6 is 0 Å². The third kappa shape index (κ3) is 5.97. The summed E-state index contributed by atoms with van der Waals surface area (Å²) in [5, 5.41) is 18.3. The average Bonchev–Trinajstić information content (AvgIpc) is 3.94. The molecule has 0 spiro atoms. The normalized spacial score (nSPS) is 12.0. The van der Waals surface area contributed by atoms with E-state index in [2.05, 4.69) is 252 Å². The molecule has 0 radical (unpaired) electrons. The van der Waals surface area contributed by atoms with E-state index in [-0.39, 0.29) is 0 Å². The van der Waals surface area contributed by atoms with Crippen LogP contribution in [-0.2, 0) is 0 Å². The Morgan fingerprint density at radius 2 is 0.500 bits per heavy atom. The summed E-state index contributed by atoms with van der Waals surface area (Å²) < 4.78 is 13.6. The van der Waals surface area contributed by atoms with Crippen LogP contribution in [0.4, 0.5) is 34.1 Å². The van der Waals surface area contributed by atoms with Crippen LogP contribution in [0.5, 0.6) is 0 Å². The monoisotopic (exact) mass is 892 g/mol. The molecular formula is C66H40N2O2. The maximum atomic E-state index is 6.79. The first-order chi connectivity index (χ1) is 34.7. The number of nitrogens with zero attached hydrogens (tertiary/aromatic N) is 2. The van der Waals surface area contributed by atoms with Crippen LogP contribution in [0.2, 0.25) is 0 Å². The fraction of sp³-hybridized carbons (Fsp3) is 0. The van der Waals surface area contributed by atoms with E-state index >= 15 is 0 Å². The summed E-state index contributed by atoms with van der Waals surface area (Å²) in [7, 11) is 0. The van der Waals surface area contributed by atoms with E-state index in [4.69, 9.17) is 8.83 Å². The van der Waals surface area contributed by atoms with Crippen LogP contribution in [0.1, 0.15) is 0 Å². The molecule has 0 fully saturated rings. The molecule has 0 unspecified atom stereocenters. The predicted molar refractivity (Wildman–Crippen MR) is 295 cm³/mol. The zero-order valence-corrected chi connectivity index (χ0v) is 37.8. The van der Waals surface area contributed by atoms with Gasteiger partial charge in [0.15, 0.2) is 0 Å². The number of furan rings is 2. The first-order valence-electron chi connectivity index (χ1n) is 23.9. The quantitative estimate of drug-likeness (QED) is 0.166. The molecular weight excluding hydrogens is 853 g/mol. The van der Waals surface area contributed by atoms with Gasteiger partial charge < -0.3 is 18.6 Å². The van der Waals surface area contributed by atoms with Crippen molar-refractivity contribution in [2.24, 2.45) is 0 Å². The summed E-state index contributed by atoms with van der Waals surface area (Å²) in [6.07, 6.45) is 0. The van der Waals surface area contributed by atoms with Crippen molar-refractivity contribution in [2.75, 3.05) is 9.80 Å². The second-order valence-electron chi connectivity index (χ2n) is 18.5. The summed E-state index contributed by atoms with van der Waals surface area (Å²) in [5.74, 6) is 0. The summed E-state index contributed by atoms with van der Waals surface area (Å²) in [6.45, 7) is 0. The second-order valence-corrected chi connectivity index (χ2v) is 18.5. The Balaban J connectivity index is 0.854. The van der Waals surface area contributed by atoms with E-state index in [9.17, 15) is 0 Å². The van der Waals surface area contributed by atoms with Crippen LogP contribution < -0.4 is 9.80 Å². The number of hydrogen-bond acceptors (Lipinski definition) is 4. The molecule has 2 heterocycles. The number of anilines is 6. The molecule has 0 atom stereocenters. The van der Waals surface area contributed by atoms with Crippen LogP contribution in [-0.4, -0.2) is 0 Å². The number of hydrogen-bond donors (Lipinski definition) is 0. The maximum absolute atomic E-state index is 6.79. The minimum Gasteiger partial charge on any atom is -0.456 e. The van der Waals surface area contributed by atoms with E-state index < -0.39 is 0 Å². The van der Waals surface area contributed by atoms with Crippen molar-refractivity contribution in [3.8, 4) is 0 Å². The average molecular weight is 893 g/mol. The van der Waals surface area contributed by atoms with Gasteiger partial charge in [-0.2, -0.15) is 0 Å². The highest BCUT2D eigenvalue weighted by molar-refractivity contribution is 6.19. The molecule has 326 valence electrons. The molecule has 0 bridgehead atoms. The third-order valence-corrected chi connectivity index (χ3v) is 14.5. The van der Waals surface area contributed by atoms with E-state index in [1.807, 2.05) is 0 Å². The predicted octanol–water partition coefficient (Wildman–Crippen LogP) is 19.3. The van der Waals surface area contributed by atoms with Gasteiger partial charge in [-0.1, -0.05) is 158 Å². The van der Waals surface area contributed by atoms with Gasteiger partial charge in [-0.05, 0) is 128 Å². The fourth-order valence-electron chi connectivity index (χ4n) is 11.2. The van der Waals surface area contributed by atoms with Crippen molar-refractivity contribution in [3.05, 3.63) is 243 Å².